The number of benzene rings is 2. The van der Waals surface area contributed by atoms with Crippen LogP contribution in [-0.2, 0) is 11.2 Å². The van der Waals surface area contributed by atoms with E-state index in [9.17, 15) is 4.79 Å². The van der Waals surface area contributed by atoms with Gasteiger partial charge in [0.05, 0.1) is 6.21 Å². The van der Waals surface area contributed by atoms with E-state index in [1.54, 1.807) is 18.2 Å². The highest BCUT2D eigenvalue weighted by Crippen LogP contribution is 2.17. The van der Waals surface area contributed by atoms with Crippen molar-refractivity contribution in [3.05, 3.63) is 69.7 Å². The average Bonchev–Trinajstić information content (AvgIpc) is 2.47. The van der Waals surface area contributed by atoms with Gasteiger partial charge in [-0.05, 0) is 42.2 Å². The summed E-state index contributed by atoms with van der Waals surface area (Å²) in [6, 6.07) is 15.2. The average molecular weight is 335 g/mol. The molecule has 0 saturated heterocycles. The van der Waals surface area contributed by atoms with Crippen LogP contribution in [0.3, 0.4) is 0 Å². The van der Waals surface area contributed by atoms with Gasteiger partial charge in [0.2, 0.25) is 5.91 Å². The maximum absolute atomic E-state index is 11.7. The van der Waals surface area contributed by atoms with Crippen LogP contribution in [0.15, 0.2) is 53.6 Å². The number of amides is 1. The molecule has 2 aromatic carbocycles. The second-order valence-electron chi connectivity index (χ2n) is 4.84. The Hall–Kier alpha value is -1.84. The van der Waals surface area contributed by atoms with Crippen molar-refractivity contribution in [3.63, 3.8) is 0 Å². The van der Waals surface area contributed by atoms with E-state index in [1.165, 1.54) is 11.8 Å². The number of hydrogen-bond donors (Lipinski definition) is 1. The first kappa shape index (κ1) is 16.5. The molecule has 0 aliphatic heterocycles. The van der Waals surface area contributed by atoms with Crippen LogP contribution in [0.1, 0.15) is 24.0 Å². The van der Waals surface area contributed by atoms with Crippen molar-refractivity contribution in [1.29, 1.82) is 0 Å². The van der Waals surface area contributed by atoms with Crippen LogP contribution in [0.5, 0.6) is 0 Å². The first-order valence-corrected chi connectivity index (χ1v) is 7.71. The molecule has 0 aromatic heterocycles. The van der Waals surface area contributed by atoms with Crippen LogP contribution >= 0.6 is 23.2 Å². The van der Waals surface area contributed by atoms with Crippen molar-refractivity contribution >= 4 is 35.3 Å². The molecule has 0 spiro atoms. The van der Waals surface area contributed by atoms with E-state index in [0.29, 0.717) is 16.5 Å². The first-order chi connectivity index (χ1) is 10.6. The lowest BCUT2D eigenvalue weighted by Crippen LogP contribution is -2.17. The van der Waals surface area contributed by atoms with Crippen LogP contribution in [0.2, 0.25) is 10.0 Å². The fraction of sp³-hybridized carbons (Fsp3) is 0.176. The number of carbonyl (C=O) groups excluding carboxylic acids is 1. The van der Waals surface area contributed by atoms with Gasteiger partial charge in [-0.2, -0.15) is 5.10 Å². The van der Waals surface area contributed by atoms with Crippen LogP contribution < -0.4 is 5.43 Å². The number of carbonyl (C=O) groups is 1. The maximum atomic E-state index is 11.7. The molecule has 0 aliphatic carbocycles. The Labute approximate surface area is 139 Å². The highest BCUT2D eigenvalue weighted by atomic mass is 35.5. The van der Waals surface area contributed by atoms with Crippen LogP contribution in [0, 0.1) is 0 Å². The number of rotatable bonds is 6. The van der Waals surface area contributed by atoms with E-state index in [2.05, 4.69) is 22.7 Å². The maximum Gasteiger partial charge on any atom is 0.240 e. The zero-order valence-corrected chi connectivity index (χ0v) is 13.4. The molecular weight excluding hydrogens is 319 g/mol. The van der Waals surface area contributed by atoms with Gasteiger partial charge >= 0.3 is 0 Å². The predicted molar refractivity (Wildman–Crippen MR) is 91.6 cm³/mol. The molecule has 0 heterocycles. The molecule has 0 fully saturated rings. The van der Waals surface area contributed by atoms with Gasteiger partial charge < -0.3 is 0 Å². The smallest absolute Gasteiger partial charge is 0.240 e. The highest BCUT2D eigenvalue weighted by Gasteiger charge is 2.00. The minimum absolute atomic E-state index is 0.111. The molecule has 3 nitrogen and oxygen atoms in total. The summed E-state index contributed by atoms with van der Waals surface area (Å²) in [5, 5.41) is 4.97. The Bertz CT molecular complexity index is 637. The zero-order chi connectivity index (χ0) is 15.8. The monoisotopic (exact) mass is 334 g/mol. The number of aryl methyl sites for hydroxylation is 1. The third-order valence-electron chi connectivity index (χ3n) is 3.00. The summed E-state index contributed by atoms with van der Waals surface area (Å²) in [5.41, 5.74) is 4.47. The van der Waals surface area contributed by atoms with E-state index >= 15 is 0 Å². The van der Waals surface area contributed by atoms with E-state index in [1.807, 2.05) is 18.2 Å². The second kappa shape index (κ2) is 8.57. The van der Waals surface area contributed by atoms with Crippen LogP contribution in [0.4, 0.5) is 0 Å². The number of hydrazone groups is 1. The number of halogens is 2. The number of nitrogens with one attached hydrogen (secondary N) is 1. The Balaban J connectivity index is 1.74. The molecule has 0 aliphatic rings. The predicted octanol–water partition coefficient (Wildman–Crippen LogP) is 4.47. The van der Waals surface area contributed by atoms with E-state index < -0.39 is 0 Å². The molecule has 0 saturated carbocycles. The molecular formula is C17H16Cl2N2O. The molecule has 0 unspecified atom stereocenters. The third-order valence-corrected chi connectivity index (χ3v) is 3.44. The van der Waals surface area contributed by atoms with Crippen LogP contribution in [-0.4, -0.2) is 12.1 Å². The summed E-state index contributed by atoms with van der Waals surface area (Å²) in [6.07, 6.45) is 3.62. The quantitative estimate of drug-likeness (QED) is 0.614. The largest absolute Gasteiger partial charge is 0.273 e. The lowest BCUT2D eigenvalue weighted by Gasteiger charge is -2.01. The Morgan fingerprint density at radius 1 is 1.09 bits per heavy atom. The summed E-state index contributed by atoms with van der Waals surface area (Å²) >= 11 is 11.8. The molecule has 114 valence electrons. The van der Waals surface area contributed by atoms with E-state index in [4.69, 9.17) is 23.2 Å². The highest BCUT2D eigenvalue weighted by molar-refractivity contribution is 6.35. The van der Waals surface area contributed by atoms with Gasteiger partial charge in [-0.25, -0.2) is 5.43 Å². The molecule has 1 amide bonds. The molecule has 2 rings (SSSR count). The zero-order valence-electron chi connectivity index (χ0n) is 11.9. The lowest BCUT2D eigenvalue weighted by atomic mass is 10.1. The van der Waals surface area contributed by atoms with Gasteiger partial charge in [-0.3, -0.25) is 4.79 Å². The minimum atomic E-state index is -0.111. The summed E-state index contributed by atoms with van der Waals surface area (Å²) < 4.78 is 0. The standard InChI is InChI=1S/C17H16Cl2N2O/c18-15-9-14(10-16(19)11-15)12-20-21-17(22)8-4-7-13-5-2-1-3-6-13/h1-3,5-6,9-12H,4,7-8H2,(H,21,22)/b20-12-. The topological polar surface area (TPSA) is 41.5 Å². The van der Waals surface area contributed by atoms with Crippen LogP contribution in [0.25, 0.3) is 0 Å². The normalized spacial score (nSPS) is 10.8. The molecule has 0 atom stereocenters. The van der Waals surface area contributed by atoms with Crippen molar-refractivity contribution in [1.82, 2.24) is 5.43 Å². The minimum Gasteiger partial charge on any atom is -0.273 e. The number of hydrogen-bond acceptors (Lipinski definition) is 2. The summed E-state index contributed by atoms with van der Waals surface area (Å²) in [5.74, 6) is -0.111. The molecule has 2 aromatic rings. The molecule has 1 N–H and O–H groups in total. The molecule has 5 heteroatoms. The van der Waals surface area contributed by atoms with Gasteiger partial charge in [0, 0.05) is 16.5 Å². The van der Waals surface area contributed by atoms with Gasteiger partial charge in [0.1, 0.15) is 0 Å². The fourth-order valence-electron chi connectivity index (χ4n) is 1.98. The summed E-state index contributed by atoms with van der Waals surface area (Å²) in [6.45, 7) is 0. The van der Waals surface area contributed by atoms with Crippen molar-refractivity contribution in [2.24, 2.45) is 5.10 Å². The van der Waals surface area contributed by atoms with Crippen molar-refractivity contribution in [2.75, 3.05) is 0 Å². The van der Waals surface area contributed by atoms with E-state index in [0.717, 1.165) is 18.4 Å². The van der Waals surface area contributed by atoms with Gasteiger partial charge in [-0.15, -0.1) is 0 Å². The summed E-state index contributed by atoms with van der Waals surface area (Å²) in [7, 11) is 0. The molecule has 22 heavy (non-hydrogen) atoms. The van der Waals surface area contributed by atoms with Gasteiger partial charge in [-0.1, -0.05) is 53.5 Å². The summed E-state index contributed by atoms with van der Waals surface area (Å²) in [4.78, 5) is 11.7. The van der Waals surface area contributed by atoms with Gasteiger partial charge in [0.25, 0.3) is 0 Å². The lowest BCUT2D eigenvalue weighted by molar-refractivity contribution is -0.121. The van der Waals surface area contributed by atoms with Gasteiger partial charge in [0.15, 0.2) is 0 Å². The molecule has 0 bridgehead atoms. The number of nitrogens with zero attached hydrogens (tertiary/aromatic N) is 1. The van der Waals surface area contributed by atoms with Crippen molar-refractivity contribution < 1.29 is 4.79 Å². The Morgan fingerprint density at radius 2 is 1.77 bits per heavy atom. The Morgan fingerprint density at radius 3 is 2.45 bits per heavy atom. The fourth-order valence-corrected chi connectivity index (χ4v) is 2.53. The SMILES string of the molecule is O=C(CCCc1ccccc1)N/N=C\c1cc(Cl)cc(Cl)c1. The molecule has 0 radical (unpaired) electrons. The first-order valence-electron chi connectivity index (χ1n) is 6.95. The second-order valence-corrected chi connectivity index (χ2v) is 5.71. The Kier molecular flexibility index (Phi) is 6.44. The van der Waals surface area contributed by atoms with Crippen molar-refractivity contribution in [3.8, 4) is 0 Å². The third kappa shape index (κ3) is 5.88. The van der Waals surface area contributed by atoms with Crippen molar-refractivity contribution in [2.45, 2.75) is 19.3 Å². The van der Waals surface area contributed by atoms with E-state index in [-0.39, 0.29) is 5.91 Å².